The smallest absolute Gasteiger partial charge is 0.264 e. The molecular weight excluding hydrogens is 412 g/mol. The van der Waals surface area contributed by atoms with E-state index in [0.29, 0.717) is 18.0 Å². The van der Waals surface area contributed by atoms with Gasteiger partial charge in [0, 0.05) is 6.54 Å². The molecule has 0 fully saturated rings. The van der Waals surface area contributed by atoms with Gasteiger partial charge in [0.15, 0.2) is 0 Å². The Morgan fingerprint density at radius 1 is 0.935 bits per heavy atom. The first-order valence-electron chi connectivity index (χ1n) is 9.86. The van der Waals surface area contributed by atoms with Crippen molar-refractivity contribution in [1.29, 1.82) is 0 Å². The van der Waals surface area contributed by atoms with E-state index >= 15 is 0 Å². The monoisotopic (exact) mass is 438 g/mol. The molecule has 1 amide bonds. The molecule has 0 spiro atoms. The molecule has 6 nitrogen and oxygen atoms in total. The maximum absolute atomic E-state index is 13.4. The van der Waals surface area contributed by atoms with Crippen LogP contribution in [0, 0.1) is 13.8 Å². The third-order valence-corrected chi connectivity index (χ3v) is 6.61. The number of ether oxygens (including phenoxy) is 1. The fourth-order valence-electron chi connectivity index (χ4n) is 3.11. The van der Waals surface area contributed by atoms with E-state index in [4.69, 9.17) is 4.74 Å². The number of aryl methyl sites for hydroxylation is 2. The van der Waals surface area contributed by atoms with Crippen molar-refractivity contribution in [2.24, 2.45) is 0 Å². The van der Waals surface area contributed by atoms with E-state index < -0.39 is 15.9 Å². The predicted octanol–water partition coefficient (Wildman–Crippen LogP) is 3.82. The van der Waals surface area contributed by atoms with E-state index in [-0.39, 0.29) is 11.4 Å². The Kier molecular flexibility index (Phi) is 6.97. The number of methoxy groups -OCH3 is 1. The molecule has 0 saturated carbocycles. The summed E-state index contributed by atoms with van der Waals surface area (Å²) in [4.78, 5) is 12.9. The second-order valence-corrected chi connectivity index (χ2v) is 9.12. The van der Waals surface area contributed by atoms with Crippen LogP contribution < -0.4 is 14.4 Å². The zero-order valence-corrected chi connectivity index (χ0v) is 18.6. The molecule has 1 N–H and O–H groups in total. The first kappa shape index (κ1) is 22.4. The minimum Gasteiger partial charge on any atom is -0.495 e. The van der Waals surface area contributed by atoms with E-state index in [9.17, 15) is 13.2 Å². The van der Waals surface area contributed by atoms with Crippen molar-refractivity contribution in [1.82, 2.24) is 5.32 Å². The van der Waals surface area contributed by atoms with Gasteiger partial charge in [-0.05, 0) is 49.2 Å². The lowest BCUT2D eigenvalue weighted by Gasteiger charge is -2.26. The molecule has 3 aromatic rings. The van der Waals surface area contributed by atoms with Gasteiger partial charge in [-0.2, -0.15) is 0 Å². The molecule has 3 aromatic carbocycles. The number of sulfonamides is 1. The molecule has 0 bridgehead atoms. The van der Waals surface area contributed by atoms with E-state index in [0.717, 1.165) is 21.0 Å². The van der Waals surface area contributed by atoms with Crippen LogP contribution in [0.5, 0.6) is 5.75 Å². The highest BCUT2D eigenvalue weighted by atomic mass is 32.2. The zero-order chi connectivity index (χ0) is 22.4. The number of carbonyl (C=O) groups excluding carboxylic acids is 1. The summed E-state index contributed by atoms with van der Waals surface area (Å²) >= 11 is 0. The number of benzene rings is 3. The Morgan fingerprint density at radius 2 is 1.58 bits per heavy atom. The van der Waals surface area contributed by atoms with Crippen LogP contribution in [0.25, 0.3) is 0 Å². The number of nitrogens with zero attached hydrogens (tertiary/aromatic N) is 1. The fraction of sp³-hybridized carbons (Fsp3) is 0.208. The van der Waals surface area contributed by atoms with Crippen molar-refractivity contribution in [3.63, 3.8) is 0 Å². The van der Waals surface area contributed by atoms with Crippen LogP contribution in [-0.2, 0) is 21.4 Å². The third-order valence-electron chi connectivity index (χ3n) is 4.83. The zero-order valence-electron chi connectivity index (χ0n) is 17.8. The quantitative estimate of drug-likeness (QED) is 0.580. The lowest BCUT2D eigenvalue weighted by atomic mass is 10.1. The first-order valence-corrected chi connectivity index (χ1v) is 11.3. The van der Waals surface area contributed by atoms with Gasteiger partial charge < -0.3 is 10.1 Å². The molecule has 0 heterocycles. The molecule has 0 aromatic heterocycles. The predicted molar refractivity (Wildman–Crippen MR) is 122 cm³/mol. The summed E-state index contributed by atoms with van der Waals surface area (Å²) in [5, 5.41) is 2.81. The van der Waals surface area contributed by atoms with Crippen LogP contribution in [0.4, 0.5) is 5.69 Å². The van der Waals surface area contributed by atoms with Crippen molar-refractivity contribution >= 4 is 21.6 Å². The second kappa shape index (κ2) is 9.66. The van der Waals surface area contributed by atoms with Crippen LogP contribution in [-0.4, -0.2) is 28.0 Å². The van der Waals surface area contributed by atoms with Crippen LogP contribution in [0.15, 0.2) is 77.7 Å². The number of carbonyl (C=O) groups is 1. The summed E-state index contributed by atoms with van der Waals surface area (Å²) in [5.74, 6) is -0.0416. The summed E-state index contributed by atoms with van der Waals surface area (Å²) in [5.41, 5.74) is 3.23. The largest absolute Gasteiger partial charge is 0.495 e. The van der Waals surface area contributed by atoms with Crippen molar-refractivity contribution in [2.45, 2.75) is 25.3 Å². The molecule has 0 radical (unpaired) electrons. The average Bonchev–Trinajstić information content (AvgIpc) is 2.77. The van der Waals surface area contributed by atoms with Crippen LogP contribution >= 0.6 is 0 Å². The highest BCUT2D eigenvalue weighted by molar-refractivity contribution is 7.92. The summed E-state index contributed by atoms with van der Waals surface area (Å²) in [6.45, 7) is 3.78. The third kappa shape index (κ3) is 5.44. The average molecular weight is 439 g/mol. The Morgan fingerprint density at radius 3 is 2.23 bits per heavy atom. The minimum absolute atomic E-state index is 0.102. The SMILES string of the molecule is COc1ccc(C)cc1N(CC(=O)NCc1ccc(C)cc1)S(=O)(=O)c1ccccc1. The topological polar surface area (TPSA) is 75.7 Å². The van der Waals surface area contributed by atoms with Gasteiger partial charge in [-0.3, -0.25) is 9.10 Å². The van der Waals surface area contributed by atoms with Crippen LogP contribution in [0.3, 0.4) is 0 Å². The molecular formula is C24H26N2O4S. The molecule has 3 rings (SSSR count). The number of rotatable bonds is 8. The summed E-state index contributed by atoms with van der Waals surface area (Å²) in [6, 6.07) is 21.1. The van der Waals surface area contributed by atoms with Crippen molar-refractivity contribution in [3.8, 4) is 5.75 Å². The molecule has 162 valence electrons. The second-order valence-electron chi connectivity index (χ2n) is 7.26. The summed E-state index contributed by atoms with van der Waals surface area (Å²) in [6.07, 6.45) is 0. The van der Waals surface area contributed by atoms with Gasteiger partial charge in [0.1, 0.15) is 12.3 Å². The number of anilines is 1. The van der Waals surface area contributed by atoms with Gasteiger partial charge in [-0.25, -0.2) is 8.42 Å². The maximum atomic E-state index is 13.4. The minimum atomic E-state index is -3.99. The van der Waals surface area contributed by atoms with E-state index in [1.807, 2.05) is 44.2 Å². The normalized spacial score (nSPS) is 11.1. The fourth-order valence-corrected chi connectivity index (χ4v) is 4.55. The Balaban J connectivity index is 1.92. The van der Waals surface area contributed by atoms with Gasteiger partial charge in [0.05, 0.1) is 17.7 Å². The number of nitrogens with one attached hydrogen (secondary N) is 1. The van der Waals surface area contributed by atoms with Gasteiger partial charge in [0.25, 0.3) is 10.0 Å². The molecule has 0 unspecified atom stereocenters. The molecule has 31 heavy (non-hydrogen) atoms. The van der Waals surface area contributed by atoms with Crippen molar-refractivity contribution in [2.75, 3.05) is 18.0 Å². The lowest BCUT2D eigenvalue weighted by Crippen LogP contribution is -2.40. The van der Waals surface area contributed by atoms with Crippen molar-refractivity contribution < 1.29 is 17.9 Å². The van der Waals surface area contributed by atoms with E-state index in [2.05, 4.69) is 5.32 Å². The van der Waals surface area contributed by atoms with Gasteiger partial charge in [-0.1, -0.05) is 54.1 Å². The molecule has 0 aliphatic carbocycles. The van der Waals surface area contributed by atoms with Gasteiger partial charge >= 0.3 is 0 Å². The molecule has 0 aliphatic rings. The Labute approximate surface area is 183 Å². The lowest BCUT2D eigenvalue weighted by molar-refractivity contribution is -0.119. The highest BCUT2D eigenvalue weighted by Gasteiger charge is 2.29. The standard InChI is InChI=1S/C24H26N2O4S/c1-18-9-12-20(13-10-18)16-25-24(27)17-26(22-15-19(2)11-14-23(22)30-3)31(28,29)21-7-5-4-6-8-21/h4-15H,16-17H2,1-3H3,(H,25,27). The first-order chi connectivity index (χ1) is 14.8. The van der Waals surface area contributed by atoms with Crippen molar-refractivity contribution in [3.05, 3.63) is 89.5 Å². The molecule has 0 saturated heterocycles. The maximum Gasteiger partial charge on any atom is 0.264 e. The molecule has 7 heteroatoms. The Hall–Kier alpha value is -3.32. The highest BCUT2D eigenvalue weighted by Crippen LogP contribution is 2.33. The van der Waals surface area contributed by atoms with Crippen LogP contribution in [0.1, 0.15) is 16.7 Å². The van der Waals surface area contributed by atoms with E-state index in [1.54, 1.807) is 30.3 Å². The number of hydrogen-bond donors (Lipinski definition) is 1. The number of hydrogen-bond acceptors (Lipinski definition) is 4. The molecule has 0 atom stereocenters. The molecule has 0 aliphatic heterocycles. The van der Waals surface area contributed by atoms with E-state index in [1.165, 1.54) is 19.2 Å². The number of amides is 1. The van der Waals surface area contributed by atoms with Crippen LogP contribution in [0.2, 0.25) is 0 Å². The summed E-state index contributed by atoms with van der Waals surface area (Å²) in [7, 11) is -2.52. The Bertz CT molecular complexity index is 1140. The van der Waals surface area contributed by atoms with Gasteiger partial charge in [-0.15, -0.1) is 0 Å². The van der Waals surface area contributed by atoms with Gasteiger partial charge in [0.2, 0.25) is 5.91 Å². The summed E-state index contributed by atoms with van der Waals surface area (Å²) < 4.78 is 33.4.